The van der Waals surface area contributed by atoms with Gasteiger partial charge in [-0.2, -0.15) is 0 Å². The number of aromatic nitrogens is 1. The Labute approximate surface area is 43.4 Å². The van der Waals surface area contributed by atoms with Crippen LogP contribution in [0, 0.1) is 0 Å². The first kappa shape index (κ1) is 4.39. The minimum atomic E-state index is -0.412. The highest BCUT2D eigenvalue weighted by Gasteiger charge is 1.90. The number of hydrogen-bond acceptors (Lipinski definition) is 3. The third-order valence-corrected chi connectivity index (χ3v) is 1.20. The largest absolute Gasteiger partial charge is 0.502 e. The first-order valence-electron chi connectivity index (χ1n) is 1.66. The van der Waals surface area contributed by atoms with Crippen molar-refractivity contribution in [2.45, 2.75) is 0 Å². The lowest BCUT2D eigenvalue weighted by Crippen LogP contribution is -1.93. The number of H-pyrrole nitrogens is 1. The molecule has 0 radical (unpaired) electrons. The highest BCUT2D eigenvalue weighted by molar-refractivity contribution is 7.03. The summed E-state index contributed by atoms with van der Waals surface area (Å²) in [5.74, 6) is -0.204. The fraction of sp³-hybridized carbons (Fsp3) is 0. The summed E-state index contributed by atoms with van der Waals surface area (Å²) in [6.07, 6.45) is 0. The summed E-state index contributed by atoms with van der Waals surface area (Å²) in [4.78, 5) is 10.1. The molecule has 0 unspecified atom stereocenters. The van der Waals surface area contributed by atoms with Crippen LogP contribution in [-0.4, -0.2) is 9.48 Å². The molecule has 0 spiro atoms. The van der Waals surface area contributed by atoms with Gasteiger partial charge in [-0.3, -0.25) is 9.17 Å². The van der Waals surface area contributed by atoms with Crippen LogP contribution in [0.15, 0.2) is 10.2 Å². The van der Waals surface area contributed by atoms with E-state index in [0.717, 1.165) is 11.5 Å². The van der Waals surface area contributed by atoms with E-state index in [2.05, 4.69) is 4.37 Å². The first-order chi connectivity index (χ1) is 3.30. The van der Waals surface area contributed by atoms with Gasteiger partial charge in [0.15, 0.2) is 5.75 Å². The molecule has 1 aromatic heterocycles. The molecule has 3 nitrogen and oxygen atoms in total. The van der Waals surface area contributed by atoms with Crippen LogP contribution < -0.4 is 5.56 Å². The zero-order valence-electron chi connectivity index (χ0n) is 3.34. The van der Waals surface area contributed by atoms with E-state index in [-0.39, 0.29) is 5.75 Å². The number of hydrogen-bond donors (Lipinski definition) is 2. The van der Waals surface area contributed by atoms with Crippen LogP contribution in [0.4, 0.5) is 0 Å². The Morgan fingerprint density at radius 1 is 1.86 bits per heavy atom. The molecule has 0 saturated heterocycles. The molecule has 0 aliphatic carbocycles. The van der Waals surface area contributed by atoms with Gasteiger partial charge in [0.05, 0.1) is 5.38 Å². The van der Waals surface area contributed by atoms with Crippen LogP contribution in [0.2, 0.25) is 0 Å². The van der Waals surface area contributed by atoms with Gasteiger partial charge in [-0.25, -0.2) is 0 Å². The molecule has 0 amide bonds. The molecule has 0 aliphatic rings. The molecule has 0 bridgehead atoms. The lowest BCUT2D eigenvalue weighted by atomic mass is 10.7. The van der Waals surface area contributed by atoms with Crippen LogP contribution >= 0.6 is 11.5 Å². The summed E-state index contributed by atoms with van der Waals surface area (Å²) < 4.78 is 2.30. The van der Waals surface area contributed by atoms with Gasteiger partial charge in [-0.15, -0.1) is 0 Å². The SMILES string of the molecule is O=c1[nH]scc1O. The highest BCUT2D eigenvalue weighted by atomic mass is 32.1. The van der Waals surface area contributed by atoms with E-state index in [1.807, 2.05) is 0 Å². The average molecular weight is 117 g/mol. The van der Waals surface area contributed by atoms with Crippen molar-refractivity contribution in [3.8, 4) is 5.75 Å². The van der Waals surface area contributed by atoms with Gasteiger partial charge in [0.25, 0.3) is 5.56 Å². The van der Waals surface area contributed by atoms with Crippen molar-refractivity contribution in [1.29, 1.82) is 0 Å². The standard InChI is InChI=1S/C3H3NO2S/c5-2-1-7-4-3(2)6/h1,5H,(H,4,6). The molecule has 1 rings (SSSR count). The zero-order valence-corrected chi connectivity index (χ0v) is 4.16. The fourth-order valence-electron chi connectivity index (χ4n) is 0.245. The summed E-state index contributed by atoms with van der Waals surface area (Å²) >= 11 is 1.08. The summed E-state index contributed by atoms with van der Waals surface area (Å²) in [6, 6.07) is 0. The second-order valence-electron chi connectivity index (χ2n) is 1.05. The van der Waals surface area contributed by atoms with Crippen molar-refractivity contribution in [2.24, 2.45) is 0 Å². The molecule has 0 aliphatic heterocycles. The number of rotatable bonds is 0. The monoisotopic (exact) mass is 117 g/mol. The molecular weight excluding hydrogens is 114 g/mol. The number of nitrogens with one attached hydrogen (secondary N) is 1. The van der Waals surface area contributed by atoms with E-state index in [1.165, 1.54) is 5.38 Å². The quantitative estimate of drug-likeness (QED) is 0.508. The summed E-state index contributed by atoms with van der Waals surface area (Å²) in [6.45, 7) is 0. The van der Waals surface area contributed by atoms with E-state index in [9.17, 15) is 4.79 Å². The number of aromatic amines is 1. The van der Waals surface area contributed by atoms with Gasteiger partial charge in [-0.1, -0.05) is 11.5 Å². The molecule has 0 aromatic carbocycles. The van der Waals surface area contributed by atoms with E-state index >= 15 is 0 Å². The molecule has 4 heteroatoms. The third kappa shape index (κ3) is 0.640. The molecule has 0 atom stereocenters. The van der Waals surface area contributed by atoms with Gasteiger partial charge in [0, 0.05) is 0 Å². The number of aromatic hydroxyl groups is 1. The second-order valence-corrected chi connectivity index (χ2v) is 1.73. The molecule has 0 fully saturated rings. The molecule has 7 heavy (non-hydrogen) atoms. The van der Waals surface area contributed by atoms with Gasteiger partial charge in [0.1, 0.15) is 0 Å². The van der Waals surface area contributed by atoms with Gasteiger partial charge in [0.2, 0.25) is 0 Å². The molecule has 1 aromatic rings. The maximum atomic E-state index is 10.1. The molecule has 38 valence electrons. The Hall–Kier alpha value is -0.770. The minimum absolute atomic E-state index is 0.204. The normalized spacial score (nSPS) is 9.14. The third-order valence-electron chi connectivity index (χ3n) is 0.555. The Morgan fingerprint density at radius 3 is 2.71 bits per heavy atom. The maximum Gasteiger partial charge on any atom is 0.300 e. The van der Waals surface area contributed by atoms with Gasteiger partial charge in [-0.05, 0) is 0 Å². The van der Waals surface area contributed by atoms with E-state index in [0.29, 0.717) is 0 Å². The Balaban J connectivity index is 3.39. The second kappa shape index (κ2) is 1.38. The summed E-state index contributed by atoms with van der Waals surface area (Å²) in [5, 5.41) is 9.78. The van der Waals surface area contributed by atoms with E-state index in [4.69, 9.17) is 5.11 Å². The first-order valence-corrected chi connectivity index (χ1v) is 2.54. The van der Waals surface area contributed by atoms with Crippen molar-refractivity contribution < 1.29 is 5.11 Å². The predicted octanol–water partition coefficient (Wildman–Crippen LogP) is 0.142. The molecular formula is C3H3NO2S. The molecule has 1 heterocycles. The minimum Gasteiger partial charge on any atom is -0.502 e. The lowest BCUT2D eigenvalue weighted by molar-refractivity contribution is 0.471. The van der Waals surface area contributed by atoms with Crippen molar-refractivity contribution >= 4 is 11.5 Å². The van der Waals surface area contributed by atoms with Crippen LogP contribution in [-0.2, 0) is 0 Å². The van der Waals surface area contributed by atoms with Crippen LogP contribution in [0.5, 0.6) is 5.75 Å². The van der Waals surface area contributed by atoms with Gasteiger partial charge < -0.3 is 5.11 Å². The van der Waals surface area contributed by atoms with Gasteiger partial charge >= 0.3 is 0 Å². The topological polar surface area (TPSA) is 53.1 Å². The summed E-state index contributed by atoms with van der Waals surface area (Å²) in [7, 11) is 0. The summed E-state index contributed by atoms with van der Waals surface area (Å²) in [5.41, 5.74) is -0.412. The molecule has 0 saturated carbocycles. The lowest BCUT2D eigenvalue weighted by Gasteiger charge is -1.66. The Morgan fingerprint density at radius 2 is 2.57 bits per heavy atom. The van der Waals surface area contributed by atoms with E-state index < -0.39 is 5.56 Å². The smallest absolute Gasteiger partial charge is 0.300 e. The van der Waals surface area contributed by atoms with Crippen molar-refractivity contribution in [3.63, 3.8) is 0 Å². The Bertz CT molecular complexity index is 201. The fourth-order valence-corrected chi connectivity index (χ4v) is 0.734. The average Bonchev–Trinajstić information content (AvgIpc) is 1.91. The maximum absolute atomic E-state index is 10.1. The van der Waals surface area contributed by atoms with Crippen LogP contribution in [0.3, 0.4) is 0 Å². The Kier molecular flexibility index (Phi) is 0.867. The highest BCUT2D eigenvalue weighted by Crippen LogP contribution is 1.98. The van der Waals surface area contributed by atoms with Crippen molar-refractivity contribution in [3.05, 3.63) is 15.7 Å². The van der Waals surface area contributed by atoms with Crippen molar-refractivity contribution in [1.82, 2.24) is 4.37 Å². The van der Waals surface area contributed by atoms with Crippen molar-refractivity contribution in [2.75, 3.05) is 0 Å². The predicted molar refractivity (Wildman–Crippen MR) is 26.6 cm³/mol. The van der Waals surface area contributed by atoms with E-state index in [1.54, 1.807) is 0 Å². The van der Waals surface area contributed by atoms with Crippen LogP contribution in [0.25, 0.3) is 0 Å². The van der Waals surface area contributed by atoms with Crippen LogP contribution in [0.1, 0.15) is 0 Å². The molecule has 2 N–H and O–H groups in total. The zero-order chi connectivity index (χ0) is 5.28.